The Hall–Kier alpha value is -2.34. The van der Waals surface area contributed by atoms with E-state index in [-0.39, 0.29) is 5.91 Å². The van der Waals surface area contributed by atoms with Crippen molar-refractivity contribution in [1.82, 2.24) is 0 Å². The van der Waals surface area contributed by atoms with Crippen LogP contribution in [0.15, 0.2) is 48.5 Å². The zero-order chi connectivity index (χ0) is 15.5. The predicted octanol–water partition coefficient (Wildman–Crippen LogP) is 2.62. The zero-order valence-electron chi connectivity index (χ0n) is 11.8. The molecule has 0 saturated carbocycles. The van der Waals surface area contributed by atoms with Crippen molar-refractivity contribution in [3.05, 3.63) is 59.7 Å². The fraction of sp³-hybridized carbons (Fsp3) is 0.133. The minimum absolute atomic E-state index is 0.294. The van der Waals surface area contributed by atoms with E-state index in [4.69, 9.17) is 0 Å². The first-order chi connectivity index (χ1) is 9.83. The average molecular weight is 304 g/mol. The van der Waals surface area contributed by atoms with Gasteiger partial charge in [-0.1, -0.05) is 18.2 Å². The van der Waals surface area contributed by atoms with Gasteiger partial charge < -0.3 is 5.32 Å². The molecule has 0 atom stereocenters. The minimum atomic E-state index is -3.37. The molecule has 0 aliphatic rings. The number of carbonyl (C=O) groups is 1. The number of anilines is 2. The van der Waals surface area contributed by atoms with Crippen molar-refractivity contribution in [2.24, 2.45) is 0 Å². The number of hydrogen-bond donors (Lipinski definition) is 2. The van der Waals surface area contributed by atoms with Gasteiger partial charge in [-0.15, -0.1) is 0 Å². The first kappa shape index (κ1) is 15.1. The summed E-state index contributed by atoms with van der Waals surface area (Å²) < 4.78 is 24.7. The van der Waals surface area contributed by atoms with Crippen LogP contribution >= 0.6 is 0 Å². The zero-order valence-corrected chi connectivity index (χ0v) is 12.6. The average Bonchev–Trinajstić information content (AvgIpc) is 2.37. The number of sulfonamides is 1. The summed E-state index contributed by atoms with van der Waals surface area (Å²) in [6.07, 6.45) is 1.06. The van der Waals surface area contributed by atoms with Gasteiger partial charge in [-0.05, 0) is 42.8 Å². The molecule has 21 heavy (non-hydrogen) atoms. The van der Waals surface area contributed by atoms with Crippen LogP contribution in [0.2, 0.25) is 0 Å². The van der Waals surface area contributed by atoms with Crippen molar-refractivity contribution in [3.63, 3.8) is 0 Å². The highest BCUT2D eigenvalue weighted by atomic mass is 32.2. The van der Waals surface area contributed by atoms with Crippen molar-refractivity contribution in [1.29, 1.82) is 0 Å². The second-order valence-corrected chi connectivity index (χ2v) is 6.53. The van der Waals surface area contributed by atoms with E-state index >= 15 is 0 Å². The van der Waals surface area contributed by atoms with E-state index in [1.807, 2.05) is 25.1 Å². The van der Waals surface area contributed by atoms with Crippen LogP contribution in [-0.4, -0.2) is 20.6 Å². The Morgan fingerprint density at radius 1 is 1.00 bits per heavy atom. The fourth-order valence-electron chi connectivity index (χ4n) is 1.86. The number of benzene rings is 2. The van der Waals surface area contributed by atoms with Crippen LogP contribution in [0.1, 0.15) is 15.9 Å². The van der Waals surface area contributed by atoms with Gasteiger partial charge in [-0.3, -0.25) is 9.52 Å². The van der Waals surface area contributed by atoms with E-state index in [2.05, 4.69) is 10.0 Å². The fourth-order valence-corrected chi connectivity index (χ4v) is 2.42. The Bertz CT molecular complexity index is 770. The highest BCUT2D eigenvalue weighted by molar-refractivity contribution is 7.92. The molecule has 0 heterocycles. The summed E-state index contributed by atoms with van der Waals surface area (Å²) in [6.45, 7) is 1.94. The smallest absolute Gasteiger partial charge is 0.255 e. The Morgan fingerprint density at radius 2 is 1.67 bits per heavy atom. The molecule has 0 bridgehead atoms. The lowest BCUT2D eigenvalue weighted by Gasteiger charge is -2.08. The summed E-state index contributed by atoms with van der Waals surface area (Å²) in [5, 5.41) is 2.77. The maximum Gasteiger partial charge on any atom is 0.255 e. The molecule has 1 amide bonds. The monoisotopic (exact) mass is 304 g/mol. The molecule has 0 aromatic heterocycles. The van der Waals surface area contributed by atoms with Crippen molar-refractivity contribution in [3.8, 4) is 0 Å². The Morgan fingerprint density at radius 3 is 2.33 bits per heavy atom. The van der Waals surface area contributed by atoms with Crippen LogP contribution in [0, 0.1) is 6.92 Å². The second-order valence-electron chi connectivity index (χ2n) is 4.78. The molecule has 0 saturated heterocycles. The molecule has 0 radical (unpaired) electrons. The van der Waals surface area contributed by atoms with Gasteiger partial charge in [0.2, 0.25) is 10.0 Å². The Balaban J connectivity index is 2.18. The molecule has 2 aromatic rings. The van der Waals surface area contributed by atoms with E-state index < -0.39 is 10.0 Å². The lowest BCUT2D eigenvalue weighted by Crippen LogP contribution is -2.13. The summed E-state index contributed by atoms with van der Waals surface area (Å²) in [5.41, 5.74) is 2.47. The van der Waals surface area contributed by atoms with Gasteiger partial charge in [0.1, 0.15) is 0 Å². The Labute approximate surface area is 124 Å². The maximum atomic E-state index is 12.2. The number of nitrogens with one attached hydrogen (secondary N) is 2. The van der Waals surface area contributed by atoms with Gasteiger partial charge in [0, 0.05) is 16.9 Å². The summed E-state index contributed by atoms with van der Waals surface area (Å²) in [5.74, 6) is -0.294. The van der Waals surface area contributed by atoms with E-state index in [1.54, 1.807) is 24.3 Å². The first-order valence-electron chi connectivity index (χ1n) is 6.29. The van der Waals surface area contributed by atoms with Crippen LogP contribution < -0.4 is 10.0 Å². The lowest BCUT2D eigenvalue weighted by atomic mass is 10.1. The number of carbonyl (C=O) groups excluding carboxylic acids is 1. The minimum Gasteiger partial charge on any atom is -0.322 e. The number of rotatable bonds is 4. The third-order valence-corrected chi connectivity index (χ3v) is 3.31. The molecule has 0 aliphatic carbocycles. The van der Waals surface area contributed by atoms with E-state index in [0.29, 0.717) is 16.9 Å². The Kier molecular flexibility index (Phi) is 4.28. The summed E-state index contributed by atoms with van der Waals surface area (Å²) in [7, 11) is -3.37. The van der Waals surface area contributed by atoms with Crippen molar-refractivity contribution < 1.29 is 13.2 Å². The molecular formula is C15H16N2O3S. The summed E-state index contributed by atoms with van der Waals surface area (Å²) >= 11 is 0. The van der Waals surface area contributed by atoms with E-state index in [1.165, 1.54) is 6.07 Å². The van der Waals surface area contributed by atoms with Crippen molar-refractivity contribution in [2.75, 3.05) is 16.3 Å². The number of amides is 1. The van der Waals surface area contributed by atoms with Gasteiger partial charge in [0.05, 0.1) is 6.26 Å². The van der Waals surface area contributed by atoms with Crippen LogP contribution in [0.5, 0.6) is 0 Å². The normalized spacial score (nSPS) is 11.0. The molecule has 0 aliphatic heterocycles. The molecule has 0 unspecified atom stereocenters. The van der Waals surface area contributed by atoms with Crippen LogP contribution in [0.4, 0.5) is 11.4 Å². The first-order valence-corrected chi connectivity index (χ1v) is 8.18. The van der Waals surface area contributed by atoms with Gasteiger partial charge in [-0.2, -0.15) is 0 Å². The van der Waals surface area contributed by atoms with Gasteiger partial charge in [-0.25, -0.2) is 8.42 Å². The van der Waals surface area contributed by atoms with Gasteiger partial charge in [0.25, 0.3) is 5.91 Å². The molecule has 0 fully saturated rings. The topological polar surface area (TPSA) is 75.3 Å². The highest BCUT2D eigenvalue weighted by Crippen LogP contribution is 2.15. The van der Waals surface area contributed by atoms with Crippen molar-refractivity contribution in [2.45, 2.75) is 6.92 Å². The quantitative estimate of drug-likeness (QED) is 0.911. The molecule has 2 rings (SSSR count). The SMILES string of the molecule is Cc1cccc(NC(=O)c2cccc(NS(C)(=O)=O)c2)c1. The summed E-state index contributed by atoms with van der Waals surface area (Å²) in [4.78, 5) is 12.2. The number of hydrogen-bond acceptors (Lipinski definition) is 3. The molecule has 2 N–H and O–H groups in total. The molecule has 2 aromatic carbocycles. The van der Waals surface area contributed by atoms with Gasteiger partial charge in [0.15, 0.2) is 0 Å². The molecule has 110 valence electrons. The predicted molar refractivity (Wildman–Crippen MR) is 84.0 cm³/mol. The third-order valence-electron chi connectivity index (χ3n) is 2.70. The standard InChI is InChI=1S/C15H16N2O3S/c1-11-5-3-7-13(9-11)16-15(18)12-6-4-8-14(10-12)17-21(2,19)20/h3-10,17H,1-2H3,(H,16,18). The van der Waals surface area contributed by atoms with Crippen LogP contribution in [0.25, 0.3) is 0 Å². The maximum absolute atomic E-state index is 12.2. The summed E-state index contributed by atoms with van der Waals surface area (Å²) in [6, 6.07) is 13.8. The highest BCUT2D eigenvalue weighted by Gasteiger charge is 2.08. The van der Waals surface area contributed by atoms with E-state index in [0.717, 1.165) is 11.8 Å². The van der Waals surface area contributed by atoms with E-state index in [9.17, 15) is 13.2 Å². The third kappa shape index (κ3) is 4.61. The van der Waals surface area contributed by atoms with Crippen molar-refractivity contribution >= 4 is 27.3 Å². The lowest BCUT2D eigenvalue weighted by molar-refractivity contribution is 0.102. The molecule has 6 heteroatoms. The molecule has 5 nitrogen and oxygen atoms in total. The van der Waals surface area contributed by atoms with Gasteiger partial charge >= 0.3 is 0 Å². The number of aryl methyl sites for hydroxylation is 1. The second kappa shape index (κ2) is 5.97. The molecule has 0 spiro atoms. The largest absolute Gasteiger partial charge is 0.322 e. The molecular weight excluding hydrogens is 288 g/mol. The van der Waals surface area contributed by atoms with Crippen LogP contribution in [-0.2, 0) is 10.0 Å². The van der Waals surface area contributed by atoms with Crippen LogP contribution in [0.3, 0.4) is 0 Å².